The summed E-state index contributed by atoms with van der Waals surface area (Å²) in [6.45, 7) is 3.99. The van der Waals surface area contributed by atoms with Crippen LogP contribution in [-0.2, 0) is 22.4 Å². The van der Waals surface area contributed by atoms with Gasteiger partial charge in [0.15, 0.2) is 0 Å². The monoisotopic (exact) mass is 369 g/mol. The van der Waals surface area contributed by atoms with Crippen molar-refractivity contribution in [2.45, 2.75) is 18.9 Å². The van der Waals surface area contributed by atoms with Gasteiger partial charge in [0.25, 0.3) is 0 Å². The molecule has 0 N–H and O–H groups in total. The average Bonchev–Trinajstić information content (AvgIpc) is 3.01. The number of amides is 2. The first-order valence-corrected chi connectivity index (χ1v) is 8.87. The summed E-state index contributed by atoms with van der Waals surface area (Å²) in [4.78, 5) is 26.4. The molecule has 1 aliphatic heterocycles. The summed E-state index contributed by atoms with van der Waals surface area (Å²) in [5.41, 5.74) is 2.02. The largest absolute Gasteiger partial charge is 0.447 e. The minimum atomic E-state index is -0.584. The number of hydrogen-bond donors (Lipinski definition) is 0. The molecule has 3 rings (SSSR count). The molecule has 2 aromatic carbocycles. The molecule has 2 unspecified atom stereocenters. The summed E-state index contributed by atoms with van der Waals surface area (Å²) >= 11 is 5.91. The Balaban J connectivity index is 1.74. The lowest BCUT2D eigenvalue weighted by atomic mass is 9.97. The maximum atomic E-state index is 13.0. The average molecular weight is 370 g/mol. The Bertz CT molecular complexity index is 789. The van der Waals surface area contributed by atoms with E-state index < -0.39 is 12.0 Å². The Hall–Kier alpha value is -2.59. The Morgan fingerprint density at radius 2 is 1.88 bits per heavy atom. The van der Waals surface area contributed by atoms with Crippen molar-refractivity contribution in [2.24, 2.45) is 5.92 Å². The smallest absolute Gasteiger partial charge is 0.417 e. The van der Waals surface area contributed by atoms with Gasteiger partial charge in [-0.3, -0.25) is 4.79 Å². The normalized spacial score (nSPS) is 17.7. The lowest BCUT2D eigenvalue weighted by Gasteiger charge is -2.23. The van der Waals surface area contributed by atoms with E-state index in [4.69, 9.17) is 16.3 Å². The van der Waals surface area contributed by atoms with Crippen LogP contribution in [0.25, 0.3) is 0 Å². The maximum Gasteiger partial charge on any atom is 0.417 e. The van der Waals surface area contributed by atoms with E-state index in [0.29, 0.717) is 17.9 Å². The van der Waals surface area contributed by atoms with E-state index in [0.717, 1.165) is 11.1 Å². The van der Waals surface area contributed by atoms with Crippen LogP contribution in [0.15, 0.2) is 67.3 Å². The van der Waals surface area contributed by atoms with E-state index in [1.807, 2.05) is 42.5 Å². The number of halogens is 1. The Kier molecular flexibility index (Phi) is 5.74. The molecule has 2 amide bonds. The zero-order valence-electron chi connectivity index (χ0n) is 14.3. The summed E-state index contributed by atoms with van der Waals surface area (Å²) < 4.78 is 5.15. The van der Waals surface area contributed by atoms with Gasteiger partial charge in [0.2, 0.25) is 5.91 Å². The van der Waals surface area contributed by atoms with Crippen LogP contribution in [0.3, 0.4) is 0 Å². The number of cyclic esters (lactones) is 1. The van der Waals surface area contributed by atoms with Crippen LogP contribution < -0.4 is 0 Å². The number of carbonyl (C=O) groups is 2. The van der Waals surface area contributed by atoms with Gasteiger partial charge in [0.05, 0.1) is 12.0 Å². The highest BCUT2D eigenvalue weighted by molar-refractivity contribution is 6.30. The van der Waals surface area contributed by atoms with Crippen LogP contribution in [0.1, 0.15) is 11.1 Å². The molecule has 0 aliphatic carbocycles. The molecule has 0 radical (unpaired) electrons. The van der Waals surface area contributed by atoms with Crippen molar-refractivity contribution < 1.29 is 14.3 Å². The fourth-order valence-corrected chi connectivity index (χ4v) is 3.22. The summed E-state index contributed by atoms with van der Waals surface area (Å²) in [5, 5.41) is 0.640. The van der Waals surface area contributed by atoms with Gasteiger partial charge < -0.3 is 4.74 Å². The van der Waals surface area contributed by atoms with Gasteiger partial charge in [-0.25, -0.2) is 9.69 Å². The minimum Gasteiger partial charge on any atom is -0.447 e. The van der Waals surface area contributed by atoms with Crippen LogP contribution in [0.5, 0.6) is 0 Å². The first-order valence-electron chi connectivity index (χ1n) is 8.49. The lowest BCUT2D eigenvalue weighted by molar-refractivity contribution is -0.131. The third kappa shape index (κ3) is 4.14. The standard InChI is InChI=1S/C21H20ClNO3/c1-2-17(12-16-8-10-18(22)11-9-16)20(24)23-19(14-26-21(23)25)13-15-6-4-3-5-7-15/h2-11,17,19H,1,12-14H2. The van der Waals surface area contributed by atoms with E-state index in [-0.39, 0.29) is 18.6 Å². The minimum absolute atomic E-state index is 0.213. The molecule has 1 saturated heterocycles. The Morgan fingerprint density at radius 3 is 2.54 bits per heavy atom. The molecule has 2 aromatic rings. The van der Waals surface area contributed by atoms with Gasteiger partial charge in [-0.1, -0.05) is 60.1 Å². The van der Waals surface area contributed by atoms with E-state index >= 15 is 0 Å². The van der Waals surface area contributed by atoms with Gasteiger partial charge in [-0.15, -0.1) is 6.58 Å². The van der Waals surface area contributed by atoms with Crippen molar-refractivity contribution in [3.63, 3.8) is 0 Å². The molecule has 1 aliphatic rings. The molecule has 1 heterocycles. The second kappa shape index (κ2) is 8.19. The number of ether oxygens (including phenoxy) is 1. The van der Waals surface area contributed by atoms with Gasteiger partial charge in [0, 0.05) is 5.02 Å². The predicted molar refractivity (Wildman–Crippen MR) is 101 cm³/mol. The molecule has 134 valence electrons. The third-order valence-corrected chi connectivity index (χ3v) is 4.74. The van der Waals surface area contributed by atoms with Gasteiger partial charge in [-0.05, 0) is 36.1 Å². The number of hydrogen-bond acceptors (Lipinski definition) is 3. The van der Waals surface area contributed by atoms with Crippen molar-refractivity contribution in [3.05, 3.63) is 83.4 Å². The summed E-state index contributed by atoms with van der Waals surface area (Å²) in [6, 6.07) is 16.8. The highest BCUT2D eigenvalue weighted by Gasteiger charge is 2.40. The molecule has 2 atom stereocenters. The molecule has 26 heavy (non-hydrogen) atoms. The molecule has 0 spiro atoms. The molecule has 4 nitrogen and oxygen atoms in total. The van der Waals surface area contributed by atoms with Crippen LogP contribution >= 0.6 is 11.6 Å². The van der Waals surface area contributed by atoms with E-state index in [2.05, 4.69) is 6.58 Å². The molecular formula is C21H20ClNO3. The fourth-order valence-electron chi connectivity index (χ4n) is 3.09. The summed E-state index contributed by atoms with van der Waals surface area (Å²) in [7, 11) is 0. The van der Waals surface area contributed by atoms with Gasteiger partial charge in [-0.2, -0.15) is 0 Å². The molecule has 0 aromatic heterocycles. The van der Waals surface area contributed by atoms with Gasteiger partial charge >= 0.3 is 6.09 Å². The summed E-state index contributed by atoms with van der Waals surface area (Å²) in [5.74, 6) is -0.779. The lowest BCUT2D eigenvalue weighted by Crippen LogP contribution is -2.43. The van der Waals surface area contributed by atoms with Crippen molar-refractivity contribution in [1.29, 1.82) is 0 Å². The fraction of sp³-hybridized carbons (Fsp3) is 0.238. The molecular weight excluding hydrogens is 350 g/mol. The SMILES string of the molecule is C=CC(Cc1ccc(Cl)cc1)C(=O)N1C(=O)OCC1Cc1ccccc1. The van der Waals surface area contributed by atoms with E-state index in [1.165, 1.54) is 4.90 Å². The maximum absolute atomic E-state index is 13.0. The third-order valence-electron chi connectivity index (χ3n) is 4.48. The molecule has 1 fully saturated rings. The number of imide groups is 1. The summed E-state index contributed by atoms with van der Waals surface area (Å²) in [6.07, 6.45) is 2.03. The number of benzene rings is 2. The first-order chi connectivity index (χ1) is 12.6. The second-order valence-electron chi connectivity index (χ2n) is 6.30. The highest BCUT2D eigenvalue weighted by Crippen LogP contribution is 2.23. The predicted octanol–water partition coefficient (Wildman–Crippen LogP) is 4.27. The molecule has 0 bridgehead atoms. The zero-order chi connectivity index (χ0) is 18.5. The van der Waals surface area contributed by atoms with Crippen LogP contribution in [0.2, 0.25) is 5.02 Å². The van der Waals surface area contributed by atoms with Crippen molar-refractivity contribution in [2.75, 3.05) is 6.61 Å². The first kappa shape index (κ1) is 18.2. The van der Waals surface area contributed by atoms with Crippen LogP contribution in [0, 0.1) is 5.92 Å². The van der Waals surface area contributed by atoms with E-state index in [9.17, 15) is 9.59 Å². The Labute approximate surface area is 158 Å². The molecule has 5 heteroatoms. The Morgan fingerprint density at radius 1 is 1.19 bits per heavy atom. The van der Waals surface area contributed by atoms with E-state index in [1.54, 1.807) is 18.2 Å². The number of rotatable bonds is 6. The van der Waals surface area contributed by atoms with Crippen molar-refractivity contribution >= 4 is 23.6 Å². The van der Waals surface area contributed by atoms with Crippen molar-refractivity contribution in [1.82, 2.24) is 4.90 Å². The second-order valence-corrected chi connectivity index (χ2v) is 6.74. The van der Waals surface area contributed by atoms with Crippen LogP contribution in [0.4, 0.5) is 4.79 Å². The number of carbonyl (C=O) groups excluding carboxylic acids is 2. The molecule has 0 saturated carbocycles. The van der Waals surface area contributed by atoms with Crippen LogP contribution in [-0.4, -0.2) is 29.5 Å². The number of nitrogens with zero attached hydrogens (tertiary/aromatic N) is 1. The van der Waals surface area contributed by atoms with Gasteiger partial charge in [0.1, 0.15) is 6.61 Å². The highest BCUT2D eigenvalue weighted by atomic mass is 35.5. The topological polar surface area (TPSA) is 46.6 Å². The van der Waals surface area contributed by atoms with Crippen molar-refractivity contribution in [3.8, 4) is 0 Å². The quantitative estimate of drug-likeness (QED) is 0.714. The zero-order valence-corrected chi connectivity index (χ0v) is 15.1.